The van der Waals surface area contributed by atoms with Crippen LogP contribution in [0.1, 0.15) is 23.7 Å². The van der Waals surface area contributed by atoms with E-state index < -0.39 is 0 Å². The average Bonchev–Trinajstić information content (AvgIpc) is 2.66. The number of aromatic nitrogens is 2. The highest BCUT2D eigenvalue weighted by molar-refractivity contribution is 5.94. The molecule has 0 aliphatic heterocycles. The molecule has 1 aromatic heterocycles. The van der Waals surface area contributed by atoms with Gasteiger partial charge in [-0.2, -0.15) is 4.98 Å². The van der Waals surface area contributed by atoms with Crippen LogP contribution >= 0.6 is 0 Å². The molecule has 3 rings (SSSR count). The highest BCUT2D eigenvalue weighted by atomic mass is 19.1. The van der Waals surface area contributed by atoms with E-state index in [0.29, 0.717) is 35.1 Å². The lowest BCUT2D eigenvalue weighted by atomic mass is 10.2. The Hall–Kier alpha value is -3.28. The van der Waals surface area contributed by atoms with E-state index in [1.807, 2.05) is 6.92 Å². The van der Waals surface area contributed by atoms with Crippen molar-refractivity contribution in [2.75, 3.05) is 6.54 Å². The molecular formula is C20H18FN3O2. The van der Waals surface area contributed by atoms with Gasteiger partial charge in [-0.05, 0) is 36.8 Å². The second kappa shape index (κ2) is 8.20. The van der Waals surface area contributed by atoms with Gasteiger partial charge in [-0.15, -0.1) is 0 Å². The maximum atomic E-state index is 13.4. The molecule has 0 atom stereocenters. The molecule has 0 radical (unpaired) electrons. The fraction of sp³-hybridized carbons (Fsp3) is 0.150. The maximum absolute atomic E-state index is 13.4. The third kappa shape index (κ3) is 4.42. The van der Waals surface area contributed by atoms with Gasteiger partial charge in [-0.3, -0.25) is 4.79 Å². The van der Waals surface area contributed by atoms with Crippen LogP contribution in [0, 0.1) is 5.82 Å². The van der Waals surface area contributed by atoms with Gasteiger partial charge < -0.3 is 10.1 Å². The van der Waals surface area contributed by atoms with Crippen LogP contribution in [0.3, 0.4) is 0 Å². The van der Waals surface area contributed by atoms with E-state index >= 15 is 0 Å². The number of ether oxygens (including phenoxy) is 1. The molecule has 0 aliphatic carbocycles. The number of halogens is 1. The number of carbonyl (C=O) groups excluding carboxylic acids is 1. The predicted molar refractivity (Wildman–Crippen MR) is 96.6 cm³/mol. The molecule has 1 amide bonds. The molecule has 0 saturated carbocycles. The van der Waals surface area contributed by atoms with E-state index in [1.165, 1.54) is 12.1 Å². The molecule has 1 heterocycles. The van der Waals surface area contributed by atoms with Gasteiger partial charge in [0, 0.05) is 29.9 Å². The zero-order valence-electron chi connectivity index (χ0n) is 14.3. The molecule has 3 aromatic rings. The summed E-state index contributed by atoms with van der Waals surface area (Å²) in [4.78, 5) is 20.5. The van der Waals surface area contributed by atoms with Crippen molar-refractivity contribution in [1.82, 2.24) is 15.3 Å². The lowest BCUT2D eigenvalue weighted by molar-refractivity contribution is 0.0953. The molecule has 0 fully saturated rings. The molecular weight excluding hydrogens is 333 g/mol. The van der Waals surface area contributed by atoms with Gasteiger partial charge in [0.2, 0.25) is 5.88 Å². The van der Waals surface area contributed by atoms with Crippen molar-refractivity contribution in [2.24, 2.45) is 0 Å². The highest BCUT2D eigenvalue weighted by Crippen LogP contribution is 2.23. The molecule has 5 nitrogen and oxygen atoms in total. The zero-order valence-corrected chi connectivity index (χ0v) is 14.3. The van der Waals surface area contributed by atoms with Crippen molar-refractivity contribution in [3.63, 3.8) is 0 Å². The standard InChI is InChI=1S/C20H18FN3O2/c1-2-10-23-20(25)15-6-4-8-17(13-15)26-18-9-11-22-19(24-18)14-5-3-7-16(21)12-14/h3-9,11-13H,2,10H2,1H3,(H,23,25). The van der Waals surface area contributed by atoms with Crippen LogP contribution in [0.4, 0.5) is 4.39 Å². The number of hydrogen-bond donors (Lipinski definition) is 1. The molecule has 0 unspecified atom stereocenters. The number of hydrogen-bond acceptors (Lipinski definition) is 4. The smallest absolute Gasteiger partial charge is 0.251 e. The number of amides is 1. The second-order valence-electron chi connectivity index (χ2n) is 5.61. The number of nitrogens with zero attached hydrogens (tertiary/aromatic N) is 2. The molecule has 1 N–H and O–H groups in total. The molecule has 2 aromatic carbocycles. The van der Waals surface area contributed by atoms with Crippen LogP contribution in [-0.4, -0.2) is 22.4 Å². The Bertz CT molecular complexity index is 915. The molecule has 0 saturated heterocycles. The van der Waals surface area contributed by atoms with Gasteiger partial charge in [0.25, 0.3) is 5.91 Å². The second-order valence-corrected chi connectivity index (χ2v) is 5.61. The van der Waals surface area contributed by atoms with Gasteiger partial charge >= 0.3 is 0 Å². The fourth-order valence-corrected chi connectivity index (χ4v) is 2.33. The molecule has 26 heavy (non-hydrogen) atoms. The highest BCUT2D eigenvalue weighted by Gasteiger charge is 2.08. The average molecular weight is 351 g/mol. The monoisotopic (exact) mass is 351 g/mol. The van der Waals surface area contributed by atoms with E-state index in [2.05, 4.69) is 15.3 Å². The van der Waals surface area contributed by atoms with Gasteiger partial charge in [0.05, 0.1) is 0 Å². The fourth-order valence-electron chi connectivity index (χ4n) is 2.33. The van der Waals surface area contributed by atoms with Crippen molar-refractivity contribution in [2.45, 2.75) is 13.3 Å². The molecule has 0 spiro atoms. The third-order valence-corrected chi connectivity index (χ3v) is 3.57. The summed E-state index contributed by atoms with van der Waals surface area (Å²) >= 11 is 0. The van der Waals surface area contributed by atoms with E-state index in [4.69, 9.17) is 4.74 Å². The summed E-state index contributed by atoms with van der Waals surface area (Å²) in [5, 5.41) is 2.82. The Morgan fingerprint density at radius 3 is 2.81 bits per heavy atom. The predicted octanol–water partition coefficient (Wildman–Crippen LogP) is 4.21. The van der Waals surface area contributed by atoms with Crippen molar-refractivity contribution in [1.29, 1.82) is 0 Å². The topological polar surface area (TPSA) is 64.1 Å². The number of carbonyl (C=O) groups is 1. The first-order chi connectivity index (χ1) is 12.7. The van der Waals surface area contributed by atoms with Crippen LogP contribution < -0.4 is 10.1 Å². The van der Waals surface area contributed by atoms with Crippen LogP contribution in [0.5, 0.6) is 11.6 Å². The maximum Gasteiger partial charge on any atom is 0.251 e. The normalized spacial score (nSPS) is 10.4. The molecule has 0 aliphatic rings. The summed E-state index contributed by atoms with van der Waals surface area (Å²) in [6.45, 7) is 2.61. The van der Waals surface area contributed by atoms with Crippen LogP contribution in [0.25, 0.3) is 11.4 Å². The SMILES string of the molecule is CCCNC(=O)c1cccc(Oc2ccnc(-c3cccc(F)c3)n2)c1. The first-order valence-electron chi connectivity index (χ1n) is 8.31. The Labute approximate surface area is 150 Å². The van der Waals surface area contributed by atoms with E-state index in [-0.39, 0.29) is 11.7 Å². The number of rotatable bonds is 6. The Kier molecular flexibility index (Phi) is 5.53. The van der Waals surface area contributed by atoms with Gasteiger partial charge in [-0.25, -0.2) is 9.37 Å². The number of nitrogens with one attached hydrogen (secondary N) is 1. The van der Waals surface area contributed by atoms with Crippen molar-refractivity contribution >= 4 is 5.91 Å². The lowest BCUT2D eigenvalue weighted by Crippen LogP contribution is -2.23. The van der Waals surface area contributed by atoms with Crippen molar-refractivity contribution in [3.8, 4) is 23.0 Å². The first-order valence-corrected chi connectivity index (χ1v) is 8.31. The minimum atomic E-state index is -0.358. The van der Waals surface area contributed by atoms with E-state index in [9.17, 15) is 9.18 Å². The van der Waals surface area contributed by atoms with Crippen molar-refractivity contribution in [3.05, 3.63) is 72.2 Å². The summed E-state index contributed by atoms with van der Waals surface area (Å²) in [7, 11) is 0. The van der Waals surface area contributed by atoms with E-state index in [0.717, 1.165) is 6.42 Å². The van der Waals surface area contributed by atoms with Crippen LogP contribution in [-0.2, 0) is 0 Å². The van der Waals surface area contributed by atoms with Crippen LogP contribution in [0.2, 0.25) is 0 Å². The first kappa shape index (κ1) is 17.5. The molecule has 132 valence electrons. The summed E-state index contributed by atoms with van der Waals surface area (Å²) in [5.41, 5.74) is 1.07. The lowest BCUT2D eigenvalue weighted by Gasteiger charge is -2.08. The quantitative estimate of drug-likeness (QED) is 0.722. The van der Waals surface area contributed by atoms with Gasteiger partial charge in [0.15, 0.2) is 5.82 Å². The third-order valence-electron chi connectivity index (χ3n) is 3.57. The molecule has 6 heteroatoms. The van der Waals surface area contributed by atoms with Gasteiger partial charge in [-0.1, -0.05) is 25.1 Å². The number of benzene rings is 2. The van der Waals surface area contributed by atoms with Gasteiger partial charge in [0.1, 0.15) is 11.6 Å². The summed E-state index contributed by atoms with van der Waals surface area (Å²) in [6.07, 6.45) is 2.41. The van der Waals surface area contributed by atoms with Crippen molar-refractivity contribution < 1.29 is 13.9 Å². The Morgan fingerprint density at radius 2 is 2.00 bits per heavy atom. The molecule has 0 bridgehead atoms. The van der Waals surface area contributed by atoms with Crippen LogP contribution in [0.15, 0.2) is 60.8 Å². The summed E-state index contributed by atoms with van der Waals surface area (Å²) < 4.78 is 19.1. The summed E-state index contributed by atoms with van der Waals surface area (Å²) in [5.74, 6) is 0.644. The van der Waals surface area contributed by atoms with E-state index in [1.54, 1.807) is 48.7 Å². The minimum absolute atomic E-state index is 0.152. The minimum Gasteiger partial charge on any atom is -0.439 e. The Balaban J connectivity index is 1.79. The summed E-state index contributed by atoms with van der Waals surface area (Å²) in [6, 6.07) is 14.5. The Morgan fingerprint density at radius 1 is 1.15 bits per heavy atom. The largest absolute Gasteiger partial charge is 0.439 e. The zero-order chi connectivity index (χ0) is 18.4.